The number of carbonyl (C=O) groups excluding carboxylic acids is 1. The summed E-state index contributed by atoms with van der Waals surface area (Å²) >= 11 is 11.2. The summed E-state index contributed by atoms with van der Waals surface area (Å²) in [6.07, 6.45) is 0.799. The second kappa shape index (κ2) is 6.54. The lowest BCUT2D eigenvalue weighted by Crippen LogP contribution is -2.14. The van der Waals surface area contributed by atoms with Crippen molar-refractivity contribution in [3.63, 3.8) is 0 Å². The van der Waals surface area contributed by atoms with Crippen LogP contribution in [0.4, 0.5) is 4.39 Å². The summed E-state index contributed by atoms with van der Waals surface area (Å²) in [6, 6.07) is 1.82. The van der Waals surface area contributed by atoms with Crippen LogP contribution < -0.4 is 0 Å². The van der Waals surface area contributed by atoms with Gasteiger partial charge in [0.2, 0.25) is 5.78 Å². The van der Waals surface area contributed by atoms with Crippen molar-refractivity contribution in [1.29, 1.82) is 0 Å². The van der Waals surface area contributed by atoms with Gasteiger partial charge in [-0.1, -0.05) is 23.2 Å². The highest BCUT2D eigenvalue weighted by molar-refractivity contribution is 6.38. The van der Waals surface area contributed by atoms with E-state index in [0.717, 1.165) is 18.4 Å². The van der Waals surface area contributed by atoms with E-state index in [0.29, 0.717) is 0 Å². The second-order valence-corrected chi connectivity index (χ2v) is 4.18. The van der Waals surface area contributed by atoms with Gasteiger partial charge in [0.1, 0.15) is 17.7 Å². The van der Waals surface area contributed by atoms with Gasteiger partial charge in [-0.25, -0.2) is 9.18 Å². The first-order valence-corrected chi connectivity index (χ1v) is 5.88. The van der Waals surface area contributed by atoms with E-state index in [9.17, 15) is 14.0 Å². The van der Waals surface area contributed by atoms with Crippen molar-refractivity contribution in [2.24, 2.45) is 0 Å². The molecular formula is C12H9Cl2FO4. The molecule has 102 valence electrons. The van der Waals surface area contributed by atoms with E-state index < -0.39 is 23.1 Å². The molecule has 0 radical (unpaired) electrons. The van der Waals surface area contributed by atoms with Crippen LogP contribution in [-0.2, 0) is 9.53 Å². The first kappa shape index (κ1) is 15.5. The summed E-state index contributed by atoms with van der Waals surface area (Å²) in [5, 5.41) is 8.52. The number of ketones is 1. The molecule has 0 saturated carbocycles. The Kier molecular flexibility index (Phi) is 5.32. The van der Waals surface area contributed by atoms with Crippen molar-refractivity contribution in [2.75, 3.05) is 6.61 Å². The Bertz CT molecular complexity index is 555. The Morgan fingerprint density at radius 3 is 2.53 bits per heavy atom. The zero-order valence-corrected chi connectivity index (χ0v) is 11.3. The number of hydrogen-bond donors (Lipinski definition) is 1. The van der Waals surface area contributed by atoms with E-state index in [2.05, 4.69) is 0 Å². The maximum atomic E-state index is 13.3. The molecule has 0 saturated heterocycles. The number of hydrogen-bond acceptors (Lipinski definition) is 3. The van der Waals surface area contributed by atoms with Gasteiger partial charge >= 0.3 is 5.97 Å². The minimum atomic E-state index is -1.50. The molecule has 0 aliphatic rings. The first-order valence-electron chi connectivity index (χ1n) is 5.12. The van der Waals surface area contributed by atoms with Gasteiger partial charge in [0.05, 0.1) is 16.7 Å². The predicted octanol–water partition coefficient (Wildman–Crippen LogP) is 3.32. The van der Waals surface area contributed by atoms with E-state index >= 15 is 0 Å². The minimum absolute atomic E-state index is 0.139. The van der Waals surface area contributed by atoms with Crippen molar-refractivity contribution >= 4 is 35.0 Å². The Morgan fingerprint density at radius 1 is 1.37 bits per heavy atom. The monoisotopic (exact) mass is 306 g/mol. The van der Waals surface area contributed by atoms with Gasteiger partial charge in [-0.05, 0) is 19.1 Å². The normalized spacial score (nSPS) is 11.3. The predicted molar refractivity (Wildman–Crippen MR) is 68.1 cm³/mol. The fourth-order valence-corrected chi connectivity index (χ4v) is 1.68. The molecule has 0 spiro atoms. The Hall–Kier alpha value is -1.59. The third-order valence-electron chi connectivity index (χ3n) is 2.10. The SMILES string of the molecule is CCOC=C(C(=O)O)C(=O)c1cc(F)c(Cl)cc1Cl. The molecule has 1 aromatic rings. The fraction of sp³-hybridized carbons (Fsp3) is 0.167. The van der Waals surface area contributed by atoms with Crippen LogP contribution in [-0.4, -0.2) is 23.5 Å². The Balaban J connectivity index is 3.24. The van der Waals surface area contributed by atoms with Crippen LogP contribution in [0.3, 0.4) is 0 Å². The van der Waals surface area contributed by atoms with Crippen LogP contribution in [0.1, 0.15) is 17.3 Å². The summed E-state index contributed by atoms with van der Waals surface area (Å²) in [6.45, 7) is 1.81. The molecule has 0 amide bonds. The molecule has 1 rings (SSSR count). The Morgan fingerprint density at radius 2 is 2.00 bits per heavy atom. The molecule has 7 heteroatoms. The highest BCUT2D eigenvalue weighted by Gasteiger charge is 2.23. The summed E-state index contributed by atoms with van der Waals surface area (Å²) < 4.78 is 18.1. The number of halogens is 3. The lowest BCUT2D eigenvalue weighted by Gasteiger charge is -2.06. The van der Waals surface area contributed by atoms with Gasteiger partial charge in [0.25, 0.3) is 0 Å². The fourth-order valence-electron chi connectivity index (χ4n) is 1.21. The number of carboxylic acid groups (broad SMARTS) is 1. The van der Waals surface area contributed by atoms with Gasteiger partial charge in [0.15, 0.2) is 0 Å². The number of carbonyl (C=O) groups is 2. The number of benzene rings is 1. The van der Waals surface area contributed by atoms with Crippen LogP contribution in [0.25, 0.3) is 0 Å². The third-order valence-corrected chi connectivity index (χ3v) is 2.70. The second-order valence-electron chi connectivity index (χ2n) is 3.37. The van der Waals surface area contributed by atoms with E-state index in [1.165, 1.54) is 0 Å². The number of ether oxygens (including phenoxy) is 1. The van der Waals surface area contributed by atoms with Crippen molar-refractivity contribution in [2.45, 2.75) is 6.92 Å². The topological polar surface area (TPSA) is 63.6 Å². The number of aliphatic carboxylic acids is 1. The first-order chi connectivity index (χ1) is 8.88. The molecule has 0 atom stereocenters. The van der Waals surface area contributed by atoms with Crippen LogP contribution >= 0.6 is 23.2 Å². The molecular weight excluding hydrogens is 298 g/mol. The number of carboxylic acids is 1. The molecule has 0 aliphatic carbocycles. The van der Waals surface area contributed by atoms with E-state index in [4.69, 9.17) is 33.0 Å². The molecule has 1 aromatic carbocycles. The lowest BCUT2D eigenvalue weighted by atomic mass is 10.0. The summed E-state index contributed by atoms with van der Waals surface area (Å²) in [5.74, 6) is -3.32. The van der Waals surface area contributed by atoms with Gasteiger partial charge < -0.3 is 9.84 Å². The van der Waals surface area contributed by atoms with Crippen LogP contribution in [0.2, 0.25) is 10.0 Å². The Labute approximate surface area is 118 Å². The van der Waals surface area contributed by atoms with Crippen molar-refractivity contribution in [3.05, 3.63) is 45.4 Å². The smallest absolute Gasteiger partial charge is 0.342 e. The molecule has 0 unspecified atom stereocenters. The highest BCUT2D eigenvalue weighted by Crippen LogP contribution is 2.26. The quantitative estimate of drug-likeness (QED) is 0.226. The lowest BCUT2D eigenvalue weighted by molar-refractivity contribution is -0.132. The van der Waals surface area contributed by atoms with Crippen molar-refractivity contribution < 1.29 is 23.8 Å². The van der Waals surface area contributed by atoms with Crippen molar-refractivity contribution in [1.82, 2.24) is 0 Å². The zero-order chi connectivity index (χ0) is 14.6. The van der Waals surface area contributed by atoms with Gasteiger partial charge in [-0.15, -0.1) is 0 Å². The van der Waals surface area contributed by atoms with Gasteiger partial charge in [-0.2, -0.15) is 0 Å². The molecule has 0 aromatic heterocycles. The van der Waals surface area contributed by atoms with Gasteiger partial charge in [0, 0.05) is 5.56 Å². The van der Waals surface area contributed by atoms with Crippen LogP contribution in [0, 0.1) is 5.82 Å². The average Bonchev–Trinajstić information content (AvgIpc) is 2.33. The standard InChI is InChI=1S/C12H9Cl2FO4/c1-2-19-5-7(12(17)18)11(16)6-3-10(15)9(14)4-8(6)13/h3-5H,2H2,1H3,(H,17,18). The summed E-state index contributed by atoms with van der Waals surface area (Å²) in [5.41, 5.74) is -0.942. The molecule has 4 nitrogen and oxygen atoms in total. The largest absolute Gasteiger partial charge is 0.500 e. The van der Waals surface area contributed by atoms with Crippen LogP contribution in [0.5, 0.6) is 0 Å². The summed E-state index contributed by atoms with van der Waals surface area (Å²) in [4.78, 5) is 22.9. The molecule has 0 fully saturated rings. The number of rotatable bonds is 5. The molecule has 19 heavy (non-hydrogen) atoms. The minimum Gasteiger partial charge on any atom is -0.500 e. The van der Waals surface area contributed by atoms with E-state index in [-0.39, 0.29) is 22.2 Å². The highest BCUT2D eigenvalue weighted by atomic mass is 35.5. The average molecular weight is 307 g/mol. The third kappa shape index (κ3) is 3.68. The molecule has 1 N–H and O–H groups in total. The van der Waals surface area contributed by atoms with E-state index in [1.807, 2.05) is 0 Å². The summed E-state index contributed by atoms with van der Waals surface area (Å²) in [7, 11) is 0. The van der Waals surface area contributed by atoms with Crippen molar-refractivity contribution in [3.8, 4) is 0 Å². The van der Waals surface area contributed by atoms with Crippen LogP contribution in [0.15, 0.2) is 24.0 Å². The molecule has 0 heterocycles. The zero-order valence-electron chi connectivity index (χ0n) is 9.75. The molecule has 0 bridgehead atoms. The number of Topliss-reactive ketones (excluding diaryl/α,β-unsaturated/α-hetero) is 1. The maximum absolute atomic E-state index is 13.3. The van der Waals surface area contributed by atoms with Gasteiger partial charge in [-0.3, -0.25) is 4.79 Å². The maximum Gasteiger partial charge on any atom is 0.342 e. The van der Waals surface area contributed by atoms with E-state index in [1.54, 1.807) is 6.92 Å². The molecule has 0 aliphatic heterocycles.